The fraction of sp³-hybridized carbons (Fsp3) is 0.500. The number of nitrogens with zero attached hydrogens (tertiary/aromatic N) is 5. The maximum absolute atomic E-state index is 6.12. The molecule has 6 nitrogen and oxygen atoms in total. The molecule has 1 aliphatic heterocycles. The normalized spacial score (nSPS) is 14.8. The molecule has 0 atom stereocenters. The van der Waals surface area contributed by atoms with Crippen molar-refractivity contribution in [2.24, 2.45) is 4.99 Å². The third-order valence-corrected chi connectivity index (χ3v) is 5.13. The van der Waals surface area contributed by atoms with E-state index < -0.39 is 0 Å². The summed E-state index contributed by atoms with van der Waals surface area (Å²) < 4.78 is 2.07. The highest BCUT2D eigenvalue weighted by atomic mass is 127. The standard InChI is InChI=1S/C20H29ClN6.HI/c1-16-14-17(2)27(24-16)9-5-8-23-20(22-3)26-12-10-25(11-13-26)19-7-4-6-18(21)15-19;/h4,6-7,14-15H,5,8-13H2,1-3H3,(H,22,23);1H. The number of hydrogen-bond donors (Lipinski definition) is 1. The highest BCUT2D eigenvalue weighted by molar-refractivity contribution is 14.0. The summed E-state index contributed by atoms with van der Waals surface area (Å²) in [5, 5.41) is 8.80. The number of halogens is 2. The Labute approximate surface area is 190 Å². The van der Waals surface area contributed by atoms with Crippen molar-refractivity contribution in [3.63, 3.8) is 0 Å². The first-order chi connectivity index (χ1) is 13.1. The second kappa shape index (κ2) is 10.9. The first-order valence-electron chi connectivity index (χ1n) is 9.54. The van der Waals surface area contributed by atoms with Gasteiger partial charge in [-0.3, -0.25) is 9.67 Å². The number of aromatic nitrogens is 2. The predicted molar refractivity (Wildman–Crippen MR) is 128 cm³/mol. The van der Waals surface area contributed by atoms with Gasteiger partial charge >= 0.3 is 0 Å². The molecule has 1 aromatic carbocycles. The van der Waals surface area contributed by atoms with Crippen LogP contribution in [0.25, 0.3) is 0 Å². The Hall–Kier alpha value is -1.48. The van der Waals surface area contributed by atoms with Crippen LogP contribution < -0.4 is 10.2 Å². The first kappa shape index (κ1) is 22.8. The lowest BCUT2D eigenvalue weighted by Crippen LogP contribution is -2.52. The van der Waals surface area contributed by atoms with Crippen LogP contribution >= 0.6 is 35.6 Å². The van der Waals surface area contributed by atoms with Gasteiger partial charge in [0, 0.05) is 62.7 Å². The van der Waals surface area contributed by atoms with Gasteiger partial charge < -0.3 is 15.1 Å². The zero-order valence-electron chi connectivity index (χ0n) is 16.9. The number of benzene rings is 1. The van der Waals surface area contributed by atoms with Gasteiger partial charge in [0.2, 0.25) is 0 Å². The molecule has 0 radical (unpaired) electrons. The van der Waals surface area contributed by atoms with Crippen LogP contribution in [0.3, 0.4) is 0 Å². The average Bonchev–Trinajstić information content (AvgIpc) is 2.99. The number of aliphatic imine (C=N–C) groups is 1. The number of guanidine groups is 1. The quantitative estimate of drug-likeness (QED) is 0.286. The molecule has 3 rings (SSSR count). The summed E-state index contributed by atoms with van der Waals surface area (Å²) in [4.78, 5) is 9.16. The van der Waals surface area contributed by atoms with E-state index in [0.717, 1.165) is 62.4 Å². The van der Waals surface area contributed by atoms with Gasteiger partial charge in [0.1, 0.15) is 0 Å². The molecular weight excluding hydrogens is 487 g/mol. The van der Waals surface area contributed by atoms with E-state index in [2.05, 4.69) is 48.9 Å². The van der Waals surface area contributed by atoms with E-state index in [4.69, 9.17) is 11.6 Å². The zero-order valence-corrected chi connectivity index (χ0v) is 19.9. The summed E-state index contributed by atoms with van der Waals surface area (Å²) in [7, 11) is 1.85. The molecule has 2 aromatic rings. The summed E-state index contributed by atoms with van der Waals surface area (Å²) in [6.07, 6.45) is 1.02. The monoisotopic (exact) mass is 516 g/mol. The van der Waals surface area contributed by atoms with Crippen molar-refractivity contribution in [2.75, 3.05) is 44.7 Å². The lowest BCUT2D eigenvalue weighted by atomic mass is 10.2. The number of nitrogens with one attached hydrogen (secondary N) is 1. The maximum Gasteiger partial charge on any atom is 0.193 e. The molecule has 0 bridgehead atoms. The van der Waals surface area contributed by atoms with Crippen molar-refractivity contribution in [1.82, 2.24) is 20.0 Å². The molecule has 0 aliphatic carbocycles. The topological polar surface area (TPSA) is 48.7 Å². The van der Waals surface area contributed by atoms with Crippen LogP contribution in [0.2, 0.25) is 5.02 Å². The molecule has 0 amide bonds. The molecule has 1 saturated heterocycles. The Bertz CT molecular complexity index is 783. The third kappa shape index (κ3) is 6.01. The maximum atomic E-state index is 6.12. The van der Waals surface area contributed by atoms with Crippen LogP contribution in [0.4, 0.5) is 5.69 Å². The number of aryl methyl sites for hydroxylation is 3. The van der Waals surface area contributed by atoms with Crippen LogP contribution in [-0.4, -0.2) is 60.4 Å². The molecule has 1 N–H and O–H groups in total. The molecule has 28 heavy (non-hydrogen) atoms. The Balaban J connectivity index is 0.00000280. The lowest BCUT2D eigenvalue weighted by Gasteiger charge is -2.37. The Morgan fingerprint density at radius 3 is 2.54 bits per heavy atom. The van der Waals surface area contributed by atoms with Crippen LogP contribution in [0.5, 0.6) is 0 Å². The Morgan fingerprint density at radius 2 is 1.93 bits per heavy atom. The molecule has 2 heterocycles. The highest BCUT2D eigenvalue weighted by Crippen LogP contribution is 2.20. The van der Waals surface area contributed by atoms with Crippen molar-refractivity contribution in [1.29, 1.82) is 0 Å². The first-order valence-corrected chi connectivity index (χ1v) is 9.92. The van der Waals surface area contributed by atoms with E-state index in [1.54, 1.807) is 0 Å². The van der Waals surface area contributed by atoms with Crippen LogP contribution in [-0.2, 0) is 6.54 Å². The summed E-state index contributed by atoms with van der Waals surface area (Å²) in [5.74, 6) is 0.981. The summed E-state index contributed by atoms with van der Waals surface area (Å²) in [6, 6.07) is 10.2. The lowest BCUT2D eigenvalue weighted by molar-refractivity contribution is 0.371. The predicted octanol–water partition coefficient (Wildman–Crippen LogP) is 3.56. The second-order valence-electron chi connectivity index (χ2n) is 6.93. The molecular formula is C20H30ClIN6. The minimum absolute atomic E-state index is 0. The number of piperazine rings is 1. The van der Waals surface area contributed by atoms with Crippen molar-refractivity contribution < 1.29 is 0 Å². The van der Waals surface area contributed by atoms with E-state index in [-0.39, 0.29) is 24.0 Å². The van der Waals surface area contributed by atoms with E-state index in [9.17, 15) is 0 Å². The number of rotatable bonds is 5. The fourth-order valence-electron chi connectivity index (χ4n) is 3.51. The minimum atomic E-state index is 0. The molecule has 0 spiro atoms. The van der Waals surface area contributed by atoms with Gasteiger partial charge in [0.15, 0.2) is 5.96 Å². The molecule has 154 valence electrons. The summed E-state index contributed by atoms with van der Waals surface area (Å²) >= 11 is 6.12. The third-order valence-electron chi connectivity index (χ3n) is 4.90. The Morgan fingerprint density at radius 1 is 1.18 bits per heavy atom. The van der Waals surface area contributed by atoms with Gasteiger partial charge in [-0.15, -0.1) is 24.0 Å². The minimum Gasteiger partial charge on any atom is -0.368 e. The van der Waals surface area contributed by atoms with E-state index in [1.165, 1.54) is 11.4 Å². The van der Waals surface area contributed by atoms with Crippen molar-refractivity contribution in [3.8, 4) is 0 Å². The van der Waals surface area contributed by atoms with Crippen molar-refractivity contribution in [3.05, 3.63) is 46.7 Å². The van der Waals surface area contributed by atoms with E-state index in [0.29, 0.717) is 0 Å². The van der Waals surface area contributed by atoms with Crippen molar-refractivity contribution >= 4 is 47.2 Å². The highest BCUT2D eigenvalue weighted by Gasteiger charge is 2.19. The van der Waals surface area contributed by atoms with Gasteiger partial charge in [-0.05, 0) is 44.5 Å². The fourth-order valence-corrected chi connectivity index (χ4v) is 3.70. The van der Waals surface area contributed by atoms with E-state index >= 15 is 0 Å². The molecule has 1 aliphatic rings. The van der Waals surface area contributed by atoms with Gasteiger partial charge in [0.05, 0.1) is 5.69 Å². The molecule has 0 saturated carbocycles. The van der Waals surface area contributed by atoms with Crippen LogP contribution in [0, 0.1) is 13.8 Å². The summed E-state index contributed by atoms with van der Waals surface area (Å²) in [5.41, 5.74) is 3.48. The molecule has 0 unspecified atom stereocenters. The Kier molecular flexibility index (Phi) is 8.88. The van der Waals surface area contributed by atoms with Crippen molar-refractivity contribution in [2.45, 2.75) is 26.8 Å². The van der Waals surface area contributed by atoms with Gasteiger partial charge in [-0.25, -0.2) is 0 Å². The number of hydrogen-bond acceptors (Lipinski definition) is 3. The molecule has 8 heteroatoms. The summed E-state index contributed by atoms with van der Waals surface area (Å²) in [6.45, 7) is 9.77. The van der Waals surface area contributed by atoms with Crippen LogP contribution in [0.1, 0.15) is 17.8 Å². The van der Waals surface area contributed by atoms with Gasteiger partial charge in [-0.2, -0.15) is 5.10 Å². The van der Waals surface area contributed by atoms with Gasteiger partial charge in [-0.1, -0.05) is 17.7 Å². The van der Waals surface area contributed by atoms with Gasteiger partial charge in [0.25, 0.3) is 0 Å². The molecule has 1 aromatic heterocycles. The van der Waals surface area contributed by atoms with E-state index in [1.807, 2.05) is 32.2 Å². The smallest absolute Gasteiger partial charge is 0.193 e. The zero-order chi connectivity index (χ0) is 19.2. The number of anilines is 1. The SMILES string of the molecule is CN=C(NCCCn1nc(C)cc1C)N1CCN(c2cccc(Cl)c2)CC1.I. The largest absolute Gasteiger partial charge is 0.368 e. The molecule has 1 fully saturated rings. The van der Waals surface area contributed by atoms with Crippen LogP contribution in [0.15, 0.2) is 35.3 Å². The average molecular weight is 517 g/mol. The second-order valence-corrected chi connectivity index (χ2v) is 7.37.